The number of methoxy groups -OCH3 is 1. The molecule has 1 aromatic rings. The van der Waals surface area contributed by atoms with Crippen molar-refractivity contribution in [2.45, 2.75) is 59.1 Å². The van der Waals surface area contributed by atoms with Crippen molar-refractivity contribution in [2.24, 2.45) is 11.8 Å². The van der Waals surface area contributed by atoms with Crippen LogP contribution >= 0.6 is 15.9 Å². The molecule has 0 aliphatic rings. The van der Waals surface area contributed by atoms with Crippen LogP contribution in [0.15, 0.2) is 28.7 Å². The summed E-state index contributed by atoms with van der Waals surface area (Å²) in [7, 11) is 1.28. The molecule has 8 heteroatoms. The van der Waals surface area contributed by atoms with Crippen LogP contribution in [0, 0.1) is 11.8 Å². The molecule has 0 fully saturated rings. The second kappa shape index (κ2) is 12.5. The number of rotatable bonds is 11. The number of ether oxygens (including phenoxy) is 2. The molecule has 0 saturated heterocycles. The van der Waals surface area contributed by atoms with Gasteiger partial charge in [0.2, 0.25) is 5.91 Å². The van der Waals surface area contributed by atoms with Crippen molar-refractivity contribution in [1.82, 2.24) is 5.32 Å². The molecule has 166 valence electrons. The minimum absolute atomic E-state index is 0.140. The number of hydrogen-bond acceptors (Lipinski definition) is 6. The van der Waals surface area contributed by atoms with E-state index < -0.39 is 35.8 Å². The summed E-state index contributed by atoms with van der Waals surface area (Å²) >= 11 is 3.37. The number of nitrogens with one attached hydrogen (secondary N) is 1. The van der Waals surface area contributed by atoms with Crippen molar-refractivity contribution < 1.29 is 28.7 Å². The first-order valence-electron chi connectivity index (χ1n) is 9.82. The Hall–Kier alpha value is -2.22. The van der Waals surface area contributed by atoms with Gasteiger partial charge >= 0.3 is 11.9 Å². The Bertz CT molecular complexity index is 746. The topological polar surface area (TPSA) is 98.8 Å². The Labute approximate surface area is 186 Å². The maximum Gasteiger partial charge on any atom is 0.309 e. The van der Waals surface area contributed by atoms with Gasteiger partial charge in [0, 0.05) is 24.7 Å². The first-order chi connectivity index (χ1) is 14.0. The van der Waals surface area contributed by atoms with Crippen LogP contribution < -0.4 is 5.32 Å². The van der Waals surface area contributed by atoms with E-state index in [1.807, 2.05) is 38.1 Å². The fourth-order valence-corrected chi connectivity index (χ4v) is 3.54. The zero-order chi connectivity index (χ0) is 22.8. The highest BCUT2D eigenvalue weighted by Gasteiger charge is 2.35. The maximum absolute atomic E-state index is 13.1. The third kappa shape index (κ3) is 9.07. The Morgan fingerprint density at radius 2 is 1.67 bits per heavy atom. The van der Waals surface area contributed by atoms with Crippen LogP contribution in [-0.4, -0.2) is 42.9 Å². The summed E-state index contributed by atoms with van der Waals surface area (Å²) in [5.41, 5.74) is 0.855. The second-order valence-electron chi connectivity index (χ2n) is 7.69. The molecule has 0 unspecified atom stereocenters. The van der Waals surface area contributed by atoms with Gasteiger partial charge in [-0.3, -0.25) is 19.2 Å². The van der Waals surface area contributed by atoms with Crippen LogP contribution in [0.1, 0.15) is 46.1 Å². The lowest BCUT2D eigenvalue weighted by Crippen LogP contribution is -2.50. The number of carbonyl (C=O) groups is 4. The number of halogens is 1. The molecule has 0 radical (unpaired) electrons. The van der Waals surface area contributed by atoms with E-state index in [4.69, 9.17) is 9.47 Å². The Kier molecular flexibility index (Phi) is 10.7. The number of hydrogen-bond donors (Lipinski definition) is 1. The summed E-state index contributed by atoms with van der Waals surface area (Å²) in [5.74, 6) is -2.39. The molecule has 0 bridgehead atoms. The fourth-order valence-electron chi connectivity index (χ4n) is 3.28. The van der Waals surface area contributed by atoms with Gasteiger partial charge in [0.15, 0.2) is 11.9 Å². The summed E-state index contributed by atoms with van der Waals surface area (Å²) in [4.78, 5) is 48.8. The van der Waals surface area contributed by atoms with Gasteiger partial charge in [-0.25, -0.2) is 0 Å². The van der Waals surface area contributed by atoms with Crippen LogP contribution in [0.25, 0.3) is 0 Å². The number of amides is 1. The van der Waals surface area contributed by atoms with E-state index >= 15 is 0 Å². The van der Waals surface area contributed by atoms with Crippen LogP contribution in [0.4, 0.5) is 0 Å². The van der Waals surface area contributed by atoms with Crippen molar-refractivity contribution in [3.63, 3.8) is 0 Å². The number of esters is 2. The predicted octanol–water partition coefficient (Wildman–Crippen LogP) is 3.22. The number of benzene rings is 1. The van der Waals surface area contributed by atoms with Crippen LogP contribution in [0.2, 0.25) is 0 Å². The summed E-state index contributed by atoms with van der Waals surface area (Å²) in [6.07, 6.45) is -0.611. The lowest BCUT2D eigenvalue weighted by atomic mass is 9.88. The van der Waals surface area contributed by atoms with E-state index in [1.165, 1.54) is 21.0 Å². The van der Waals surface area contributed by atoms with E-state index in [-0.39, 0.29) is 24.7 Å². The van der Waals surface area contributed by atoms with Gasteiger partial charge in [0.05, 0.1) is 19.1 Å². The average Bonchev–Trinajstić information content (AvgIpc) is 2.65. The van der Waals surface area contributed by atoms with Crippen molar-refractivity contribution >= 4 is 39.6 Å². The summed E-state index contributed by atoms with van der Waals surface area (Å²) < 4.78 is 11.1. The quantitative estimate of drug-likeness (QED) is 0.485. The van der Waals surface area contributed by atoms with Crippen molar-refractivity contribution in [3.8, 4) is 0 Å². The van der Waals surface area contributed by atoms with E-state index in [1.54, 1.807) is 0 Å². The van der Waals surface area contributed by atoms with E-state index in [2.05, 4.69) is 21.2 Å². The Morgan fingerprint density at radius 1 is 1.07 bits per heavy atom. The van der Waals surface area contributed by atoms with E-state index in [0.29, 0.717) is 6.42 Å². The molecule has 3 atom stereocenters. The summed E-state index contributed by atoms with van der Waals surface area (Å²) in [6.45, 7) is 6.42. The van der Waals surface area contributed by atoms with Gasteiger partial charge in [0.25, 0.3) is 0 Å². The van der Waals surface area contributed by atoms with Gasteiger partial charge < -0.3 is 14.8 Å². The number of Topliss-reactive ketones (excluding diaryl/α,β-unsaturated/α-hetero) is 1. The maximum atomic E-state index is 13.1. The molecule has 1 rings (SSSR count). The molecule has 0 aromatic heterocycles. The highest BCUT2D eigenvalue weighted by Crippen LogP contribution is 2.21. The zero-order valence-electron chi connectivity index (χ0n) is 18.1. The first kappa shape index (κ1) is 25.8. The Morgan fingerprint density at radius 3 is 2.13 bits per heavy atom. The third-order valence-electron chi connectivity index (χ3n) is 4.47. The largest absolute Gasteiger partial charge is 0.469 e. The molecule has 1 aromatic carbocycles. The van der Waals surface area contributed by atoms with Crippen molar-refractivity contribution in [1.29, 1.82) is 0 Å². The minimum atomic E-state index is -1.21. The number of carbonyl (C=O) groups excluding carboxylic acids is 4. The highest BCUT2D eigenvalue weighted by molar-refractivity contribution is 9.10. The smallest absolute Gasteiger partial charge is 0.309 e. The fraction of sp³-hybridized carbons (Fsp3) is 0.545. The lowest BCUT2D eigenvalue weighted by Gasteiger charge is -2.28. The zero-order valence-corrected chi connectivity index (χ0v) is 19.7. The van der Waals surface area contributed by atoms with Crippen LogP contribution in [0.5, 0.6) is 0 Å². The van der Waals surface area contributed by atoms with E-state index in [9.17, 15) is 19.2 Å². The van der Waals surface area contributed by atoms with Gasteiger partial charge in [-0.05, 0) is 36.5 Å². The first-order valence-corrected chi connectivity index (χ1v) is 10.6. The molecule has 0 aliphatic heterocycles. The van der Waals surface area contributed by atoms with Crippen molar-refractivity contribution in [3.05, 3.63) is 34.3 Å². The minimum Gasteiger partial charge on any atom is -0.469 e. The van der Waals surface area contributed by atoms with Crippen molar-refractivity contribution in [2.75, 3.05) is 7.11 Å². The van der Waals surface area contributed by atoms with Gasteiger partial charge in [-0.15, -0.1) is 0 Å². The third-order valence-corrected chi connectivity index (χ3v) is 5.00. The molecular weight excluding hydrogens is 454 g/mol. The predicted molar refractivity (Wildman–Crippen MR) is 116 cm³/mol. The lowest BCUT2D eigenvalue weighted by molar-refractivity contribution is -0.157. The average molecular weight is 484 g/mol. The molecule has 0 heterocycles. The molecule has 1 amide bonds. The van der Waals surface area contributed by atoms with Crippen LogP contribution in [-0.2, 0) is 35.1 Å². The molecule has 7 nitrogen and oxygen atoms in total. The molecule has 1 N–H and O–H groups in total. The SMILES string of the molecule is COC(=O)[C@@H](CC(=O)[C@@H](OC(C)=O)[C@@H](Cc1ccc(Br)cc1)NC(C)=O)CC(C)C. The van der Waals surface area contributed by atoms with Gasteiger partial charge in [0.1, 0.15) is 0 Å². The van der Waals surface area contributed by atoms with Crippen LogP contribution in [0.3, 0.4) is 0 Å². The monoisotopic (exact) mass is 483 g/mol. The molecule has 0 saturated carbocycles. The molecular formula is C22H30BrNO6. The number of ketones is 1. The molecule has 0 spiro atoms. The normalized spacial score (nSPS) is 13.8. The second-order valence-corrected chi connectivity index (χ2v) is 8.60. The standard InChI is InChI=1S/C22H30BrNO6/c1-13(2)10-17(22(28)29-5)12-20(27)21(30-15(4)26)19(24-14(3)25)11-16-6-8-18(23)9-7-16/h6-9,13,17,19,21H,10-12H2,1-5H3,(H,24,25)/t17-,19-,21+/m1/s1. The highest BCUT2D eigenvalue weighted by atomic mass is 79.9. The molecule has 30 heavy (non-hydrogen) atoms. The summed E-state index contributed by atoms with van der Waals surface area (Å²) in [6, 6.07) is 6.63. The van der Waals surface area contributed by atoms with Gasteiger partial charge in [-0.2, -0.15) is 0 Å². The molecule has 0 aliphatic carbocycles. The van der Waals surface area contributed by atoms with Gasteiger partial charge in [-0.1, -0.05) is 41.9 Å². The Balaban J connectivity index is 3.16. The summed E-state index contributed by atoms with van der Waals surface area (Å²) in [5, 5.41) is 2.72. The van der Waals surface area contributed by atoms with E-state index in [0.717, 1.165) is 10.0 Å².